The lowest BCUT2D eigenvalue weighted by atomic mass is 10.1. The number of ether oxygens (including phenoxy) is 1. The van der Waals surface area contributed by atoms with Gasteiger partial charge in [-0.05, 0) is 43.7 Å². The van der Waals surface area contributed by atoms with Crippen molar-refractivity contribution in [3.63, 3.8) is 0 Å². The van der Waals surface area contributed by atoms with Gasteiger partial charge in [0.1, 0.15) is 0 Å². The number of thioether (sulfide) groups is 1. The second kappa shape index (κ2) is 7.51. The summed E-state index contributed by atoms with van der Waals surface area (Å²) in [5.41, 5.74) is 2.47. The lowest BCUT2D eigenvalue weighted by molar-refractivity contribution is -0.128. The SMILES string of the molecule is CCN1C(=O)C(C)(C(=O)Nc2cccc(COC)c2)Sc2ccccc21. The van der Waals surface area contributed by atoms with E-state index in [0.717, 1.165) is 16.1 Å². The van der Waals surface area contributed by atoms with Crippen molar-refractivity contribution in [2.45, 2.75) is 30.1 Å². The molecule has 3 rings (SSSR count). The summed E-state index contributed by atoms with van der Waals surface area (Å²) < 4.78 is 3.91. The predicted octanol–water partition coefficient (Wildman–Crippen LogP) is 3.69. The van der Waals surface area contributed by atoms with Gasteiger partial charge in [0.05, 0.1) is 12.3 Å². The van der Waals surface area contributed by atoms with E-state index in [-0.39, 0.29) is 11.8 Å². The van der Waals surface area contributed by atoms with Crippen LogP contribution in [0.15, 0.2) is 53.4 Å². The molecule has 1 heterocycles. The Labute approximate surface area is 157 Å². The molecule has 1 N–H and O–H groups in total. The molecule has 0 saturated carbocycles. The summed E-state index contributed by atoms with van der Waals surface area (Å²) in [6.07, 6.45) is 0. The first kappa shape index (κ1) is 18.5. The number of nitrogens with one attached hydrogen (secondary N) is 1. The van der Waals surface area contributed by atoms with Crippen molar-refractivity contribution in [2.75, 3.05) is 23.9 Å². The minimum absolute atomic E-state index is 0.200. The van der Waals surface area contributed by atoms with Crippen LogP contribution in [0.1, 0.15) is 19.4 Å². The van der Waals surface area contributed by atoms with E-state index in [9.17, 15) is 9.59 Å². The number of amides is 2. The quantitative estimate of drug-likeness (QED) is 0.816. The van der Waals surface area contributed by atoms with Crippen LogP contribution in [0.3, 0.4) is 0 Å². The van der Waals surface area contributed by atoms with Gasteiger partial charge in [0.2, 0.25) is 5.91 Å². The van der Waals surface area contributed by atoms with Crippen LogP contribution in [0.4, 0.5) is 11.4 Å². The normalized spacial score (nSPS) is 19.2. The van der Waals surface area contributed by atoms with Crippen LogP contribution in [0, 0.1) is 0 Å². The van der Waals surface area contributed by atoms with Gasteiger partial charge in [0.25, 0.3) is 5.91 Å². The zero-order chi connectivity index (χ0) is 18.7. The van der Waals surface area contributed by atoms with Crippen molar-refractivity contribution >= 4 is 35.0 Å². The molecule has 1 aliphatic rings. The molecule has 2 aromatic carbocycles. The maximum atomic E-state index is 13.1. The third-order valence-electron chi connectivity index (χ3n) is 4.37. The molecule has 6 heteroatoms. The fraction of sp³-hybridized carbons (Fsp3) is 0.300. The van der Waals surface area contributed by atoms with Crippen molar-refractivity contribution < 1.29 is 14.3 Å². The molecule has 0 bridgehead atoms. The van der Waals surface area contributed by atoms with Gasteiger partial charge >= 0.3 is 0 Å². The van der Waals surface area contributed by atoms with Gasteiger partial charge in [-0.25, -0.2) is 0 Å². The Balaban J connectivity index is 1.89. The molecule has 1 aliphatic heterocycles. The van der Waals surface area contributed by atoms with Crippen molar-refractivity contribution in [1.82, 2.24) is 0 Å². The smallest absolute Gasteiger partial charge is 0.252 e. The molecule has 0 aromatic heterocycles. The molecule has 5 nitrogen and oxygen atoms in total. The Bertz CT molecular complexity index is 839. The highest BCUT2D eigenvalue weighted by Crippen LogP contribution is 2.45. The summed E-state index contributed by atoms with van der Waals surface area (Å²) in [5, 5.41) is 2.89. The van der Waals surface area contributed by atoms with Crippen molar-refractivity contribution in [3.05, 3.63) is 54.1 Å². The largest absolute Gasteiger partial charge is 0.380 e. The standard InChI is InChI=1S/C20H22N2O3S/c1-4-22-16-10-5-6-11-17(16)26-20(2,19(22)24)18(23)21-15-9-7-8-14(12-15)13-25-3/h5-12H,4,13H2,1-3H3,(H,21,23). The maximum Gasteiger partial charge on any atom is 0.252 e. The van der Waals surface area contributed by atoms with Crippen LogP contribution < -0.4 is 10.2 Å². The molecule has 26 heavy (non-hydrogen) atoms. The monoisotopic (exact) mass is 370 g/mol. The highest BCUT2D eigenvalue weighted by Gasteiger charge is 2.48. The molecule has 0 spiro atoms. The van der Waals surface area contributed by atoms with E-state index in [1.165, 1.54) is 11.8 Å². The number of anilines is 2. The van der Waals surface area contributed by atoms with Gasteiger partial charge < -0.3 is 15.0 Å². The number of nitrogens with zero attached hydrogens (tertiary/aromatic N) is 1. The number of benzene rings is 2. The summed E-state index contributed by atoms with van der Waals surface area (Å²) in [7, 11) is 1.63. The maximum absolute atomic E-state index is 13.1. The fourth-order valence-electron chi connectivity index (χ4n) is 3.01. The van der Waals surface area contributed by atoms with Gasteiger partial charge in [-0.15, -0.1) is 0 Å². The molecule has 1 unspecified atom stereocenters. The lowest BCUT2D eigenvalue weighted by Gasteiger charge is -2.38. The number of carbonyl (C=O) groups is 2. The van der Waals surface area contributed by atoms with E-state index < -0.39 is 4.75 Å². The van der Waals surface area contributed by atoms with Gasteiger partial charge in [-0.2, -0.15) is 0 Å². The van der Waals surface area contributed by atoms with E-state index in [1.807, 2.05) is 55.5 Å². The van der Waals surface area contributed by atoms with Crippen LogP contribution in [0.2, 0.25) is 0 Å². The molecular weight excluding hydrogens is 348 g/mol. The molecule has 0 aliphatic carbocycles. The first-order valence-electron chi connectivity index (χ1n) is 8.49. The lowest BCUT2D eigenvalue weighted by Crippen LogP contribution is -2.54. The number of hydrogen-bond acceptors (Lipinski definition) is 4. The van der Waals surface area contributed by atoms with Crippen molar-refractivity contribution in [1.29, 1.82) is 0 Å². The molecule has 0 fully saturated rings. The number of fused-ring (bicyclic) bond motifs is 1. The second-order valence-electron chi connectivity index (χ2n) is 6.24. The minimum Gasteiger partial charge on any atom is -0.380 e. The number of hydrogen-bond donors (Lipinski definition) is 1. The molecule has 2 amide bonds. The van der Waals surface area contributed by atoms with Crippen molar-refractivity contribution in [2.24, 2.45) is 0 Å². The number of rotatable bonds is 5. The third-order valence-corrected chi connectivity index (χ3v) is 5.70. The summed E-state index contributed by atoms with van der Waals surface area (Å²) >= 11 is 1.30. The highest BCUT2D eigenvalue weighted by atomic mass is 32.2. The minimum atomic E-state index is -1.22. The summed E-state index contributed by atoms with van der Waals surface area (Å²) in [6.45, 7) is 4.58. The Morgan fingerprint density at radius 1 is 1.23 bits per heavy atom. The van der Waals surface area contributed by atoms with Crippen LogP contribution in [0.25, 0.3) is 0 Å². The predicted molar refractivity (Wildman–Crippen MR) is 105 cm³/mol. The van der Waals surface area contributed by atoms with E-state index in [2.05, 4.69) is 5.32 Å². The average Bonchev–Trinajstić information content (AvgIpc) is 2.63. The Morgan fingerprint density at radius 3 is 2.73 bits per heavy atom. The molecule has 0 saturated heterocycles. The van der Waals surface area contributed by atoms with Gasteiger partial charge in [0, 0.05) is 24.2 Å². The molecule has 0 radical (unpaired) electrons. The van der Waals surface area contributed by atoms with E-state index >= 15 is 0 Å². The number of methoxy groups -OCH3 is 1. The second-order valence-corrected chi connectivity index (χ2v) is 7.70. The summed E-state index contributed by atoms with van der Waals surface area (Å²) in [6, 6.07) is 15.1. The van der Waals surface area contributed by atoms with E-state index in [4.69, 9.17) is 4.74 Å². The zero-order valence-electron chi connectivity index (χ0n) is 15.1. The molecular formula is C20H22N2O3S. The van der Waals surface area contributed by atoms with Gasteiger partial charge in [0.15, 0.2) is 4.75 Å². The Morgan fingerprint density at radius 2 is 2.00 bits per heavy atom. The van der Waals surface area contributed by atoms with Crippen LogP contribution >= 0.6 is 11.8 Å². The molecule has 1 atom stereocenters. The summed E-state index contributed by atoms with van der Waals surface area (Å²) in [4.78, 5) is 28.7. The topological polar surface area (TPSA) is 58.6 Å². The zero-order valence-corrected chi connectivity index (χ0v) is 15.9. The third kappa shape index (κ3) is 3.34. The summed E-state index contributed by atoms with van der Waals surface area (Å²) in [5.74, 6) is -0.524. The van der Waals surface area contributed by atoms with Gasteiger partial charge in [-0.3, -0.25) is 9.59 Å². The van der Waals surface area contributed by atoms with Crippen LogP contribution in [0.5, 0.6) is 0 Å². The Hall–Kier alpha value is -2.31. The fourth-order valence-corrected chi connectivity index (χ4v) is 4.22. The van der Waals surface area contributed by atoms with Crippen molar-refractivity contribution in [3.8, 4) is 0 Å². The molecule has 136 valence electrons. The van der Waals surface area contributed by atoms with E-state index in [0.29, 0.717) is 18.8 Å². The number of carbonyl (C=O) groups excluding carboxylic acids is 2. The highest BCUT2D eigenvalue weighted by molar-refractivity contribution is 8.02. The first-order valence-corrected chi connectivity index (χ1v) is 9.30. The van der Waals surface area contributed by atoms with E-state index in [1.54, 1.807) is 18.9 Å². The van der Waals surface area contributed by atoms with Gasteiger partial charge in [-0.1, -0.05) is 36.0 Å². The van der Waals surface area contributed by atoms with Crippen LogP contribution in [-0.2, 0) is 20.9 Å². The average molecular weight is 370 g/mol. The Kier molecular flexibility index (Phi) is 5.34. The van der Waals surface area contributed by atoms with Crippen LogP contribution in [-0.4, -0.2) is 30.2 Å². The number of para-hydroxylation sites is 1. The molecule has 2 aromatic rings. The first-order chi connectivity index (χ1) is 12.5.